The summed E-state index contributed by atoms with van der Waals surface area (Å²) in [6, 6.07) is 0. The van der Waals surface area contributed by atoms with Gasteiger partial charge < -0.3 is 18.9 Å². The van der Waals surface area contributed by atoms with Crippen LogP contribution in [0.5, 0.6) is 0 Å². The van der Waals surface area contributed by atoms with Crippen molar-refractivity contribution in [1.82, 2.24) is 0 Å². The minimum absolute atomic E-state index is 0.0191. The molecule has 0 spiro atoms. The molecule has 282 valence electrons. The van der Waals surface area contributed by atoms with Gasteiger partial charge in [0.25, 0.3) is 0 Å². The molecule has 5 nitrogen and oxygen atoms in total. The van der Waals surface area contributed by atoms with Gasteiger partial charge in [0.15, 0.2) is 0 Å². The molecule has 5 heteroatoms. The molecule has 0 unspecified atom stereocenters. The van der Waals surface area contributed by atoms with E-state index in [0.29, 0.717) is 29.5 Å². The van der Waals surface area contributed by atoms with Crippen molar-refractivity contribution in [1.29, 1.82) is 0 Å². The van der Waals surface area contributed by atoms with Crippen LogP contribution in [0, 0.1) is 21.7 Å². The monoisotopic (exact) mass is 661 g/mol. The first kappa shape index (κ1) is 52.2. The zero-order valence-corrected chi connectivity index (χ0v) is 36.2. The standard InChI is InChI=1S/C11H22O2.C11H24.C10H22O.C9H20O2/c1-10(2,3)8-7-9(12)13-11(4,5)6;1-10(2,3)8-7-9-11(4,5)6;1-9(2,3)7-8-11-10(4,5)6;1-8(2,3)10-7-11-9(4,5)6/h7-8H2,1-6H3;7-9H2,1-6H3;7-8H2,1-6H3;7H2,1-6H3. The normalized spacial score (nSPS) is 13.4. The van der Waals surface area contributed by atoms with Gasteiger partial charge in [-0.2, -0.15) is 0 Å². The molecular weight excluding hydrogens is 572 g/mol. The van der Waals surface area contributed by atoms with E-state index >= 15 is 0 Å². The van der Waals surface area contributed by atoms with Crippen LogP contribution in [-0.2, 0) is 23.7 Å². The highest BCUT2D eigenvalue weighted by Gasteiger charge is 2.19. The summed E-state index contributed by atoms with van der Waals surface area (Å²) in [6.45, 7) is 52.2. The molecule has 0 aliphatic heterocycles. The van der Waals surface area contributed by atoms with Gasteiger partial charge in [-0.15, -0.1) is 0 Å². The lowest BCUT2D eigenvalue weighted by molar-refractivity contribution is -0.163. The number of rotatable bonds is 8. The maximum atomic E-state index is 11.3. The van der Waals surface area contributed by atoms with E-state index in [2.05, 4.69) is 104 Å². The first-order valence-corrected chi connectivity index (χ1v) is 17.9. The maximum Gasteiger partial charge on any atom is 0.306 e. The van der Waals surface area contributed by atoms with E-state index in [9.17, 15) is 4.79 Å². The molecule has 0 saturated heterocycles. The minimum atomic E-state index is -0.352. The molecule has 0 aromatic carbocycles. The fourth-order valence-electron chi connectivity index (χ4n) is 3.07. The Morgan fingerprint density at radius 2 is 0.696 bits per heavy atom. The van der Waals surface area contributed by atoms with Gasteiger partial charge in [-0.1, -0.05) is 89.5 Å². The number of carbonyl (C=O) groups excluding carboxylic acids is 1. The molecule has 0 aromatic rings. The van der Waals surface area contributed by atoms with Gasteiger partial charge in [0.05, 0.1) is 16.8 Å². The highest BCUT2D eigenvalue weighted by atomic mass is 16.7. The summed E-state index contributed by atoms with van der Waals surface area (Å²) in [4.78, 5) is 11.3. The molecule has 0 heterocycles. The summed E-state index contributed by atoms with van der Waals surface area (Å²) in [5, 5.41) is 0. The van der Waals surface area contributed by atoms with Gasteiger partial charge in [0, 0.05) is 13.0 Å². The van der Waals surface area contributed by atoms with Gasteiger partial charge in [-0.05, 0) is 130 Å². The topological polar surface area (TPSA) is 54.0 Å². The zero-order valence-electron chi connectivity index (χ0n) is 36.2. The molecular formula is C41H88O5. The van der Waals surface area contributed by atoms with E-state index in [-0.39, 0.29) is 33.8 Å². The highest BCUT2D eigenvalue weighted by molar-refractivity contribution is 5.69. The average molecular weight is 661 g/mol. The molecule has 0 saturated carbocycles. The van der Waals surface area contributed by atoms with Crippen LogP contribution >= 0.6 is 0 Å². The predicted molar refractivity (Wildman–Crippen MR) is 204 cm³/mol. The van der Waals surface area contributed by atoms with Gasteiger partial charge in [-0.3, -0.25) is 4.79 Å². The Labute approximate surface area is 291 Å². The van der Waals surface area contributed by atoms with Gasteiger partial charge >= 0.3 is 5.97 Å². The van der Waals surface area contributed by atoms with E-state index in [1.54, 1.807) is 0 Å². The first-order valence-electron chi connectivity index (χ1n) is 17.9. The first-order chi connectivity index (χ1) is 19.7. The summed E-state index contributed by atoms with van der Waals surface area (Å²) in [6.07, 6.45) is 6.59. The molecule has 0 aliphatic carbocycles. The van der Waals surface area contributed by atoms with Crippen molar-refractivity contribution in [2.75, 3.05) is 13.4 Å². The van der Waals surface area contributed by atoms with Crippen molar-refractivity contribution >= 4 is 5.97 Å². The molecule has 0 amide bonds. The average Bonchev–Trinajstić information content (AvgIpc) is 2.66. The molecule has 0 rings (SSSR count). The molecule has 46 heavy (non-hydrogen) atoms. The van der Waals surface area contributed by atoms with Crippen LogP contribution in [-0.4, -0.2) is 41.8 Å². The zero-order chi connectivity index (χ0) is 38.1. The van der Waals surface area contributed by atoms with E-state index in [1.807, 2.05) is 62.3 Å². The summed E-state index contributed by atoms with van der Waals surface area (Å²) >= 11 is 0. The Morgan fingerprint density at radius 1 is 0.391 bits per heavy atom. The summed E-state index contributed by atoms with van der Waals surface area (Å²) in [5.41, 5.74) is 1.09. The summed E-state index contributed by atoms with van der Waals surface area (Å²) in [7, 11) is 0. The third kappa shape index (κ3) is 65.9. The molecule has 0 aromatic heterocycles. The van der Waals surface area contributed by atoms with E-state index in [0.717, 1.165) is 19.4 Å². The minimum Gasteiger partial charge on any atom is -0.460 e. The lowest BCUT2D eigenvalue weighted by atomic mass is 9.84. The molecule has 0 atom stereocenters. The van der Waals surface area contributed by atoms with Gasteiger partial charge in [0.1, 0.15) is 12.4 Å². The maximum absolute atomic E-state index is 11.3. The second-order valence-electron chi connectivity index (χ2n) is 21.5. The van der Waals surface area contributed by atoms with Crippen LogP contribution in [0.1, 0.15) is 205 Å². The van der Waals surface area contributed by atoms with Crippen molar-refractivity contribution < 1.29 is 23.7 Å². The number of carbonyl (C=O) groups is 1. The summed E-state index contributed by atoms with van der Waals surface area (Å²) < 4.78 is 21.6. The van der Waals surface area contributed by atoms with Crippen LogP contribution < -0.4 is 0 Å². The number of ether oxygens (including phenoxy) is 4. The van der Waals surface area contributed by atoms with Crippen LogP contribution in [0.15, 0.2) is 0 Å². The van der Waals surface area contributed by atoms with Gasteiger partial charge in [0.2, 0.25) is 0 Å². The quantitative estimate of drug-likeness (QED) is 0.191. The third-order valence-corrected chi connectivity index (χ3v) is 5.72. The Morgan fingerprint density at radius 3 is 0.935 bits per heavy atom. The number of esters is 1. The van der Waals surface area contributed by atoms with Crippen molar-refractivity contribution in [2.45, 2.75) is 227 Å². The van der Waals surface area contributed by atoms with Crippen molar-refractivity contribution in [3.05, 3.63) is 0 Å². The molecule has 0 fully saturated rings. The Kier molecular flexibility index (Phi) is 24.3. The predicted octanol–water partition coefficient (Wildman–Crippen LogP) is 13.2. The number of hydrogen-bond acceptors (Lipinski definition) is 5. The van der Waals surface area contributed by atoms with E-state index in [4.69, 9.17) is 18.9 Å². The second kappa shape index (κ2) is 21.4. The van der Waals surface area contributed by atoms with Crippen molar-refractivity contribution in [3.63, 3.8) is 0 Å². The highest BCUT2D eigenvalue weighted by Crippen LogP contribution is 2.28. The fourth-order valence-corrected chi connectivity index (χ4v) is 3.07. The molecule has 0 radical (unpaired) electrons. The lowest BCUT2D eigenvalue weighted by Gasteiger charge is -2.24. The largest absolute Gasteiger partial charge is 0.460 e. The van der Waals surface area contributed by atoms with Crippen molar-refractivity contribution in [2.24, 2.45) is 21.7 Å². The Balaban J connectivity index is -0.000000256. The number of hydrogen-bond donors (Lipinski definition) is 0. The van der Waals surface area contributed by atoms with Crippen LogP contribution in [0.4, 0.5) is 0 Å². The third-order valence-electron chi connectivity index (χ3n) is 5.72. The fraction of sp³-hybridized carbons (Fsp3) is 0.976. The smallest absolute Gasteiger partial charge is 0.306 e. The Hall–Kier alpha value is -0.650. The summed E-state index contributed by atoms with van der Waals surface area (Å²) in [5.74, 6) is -0.0950. The van der Waals surface area contributed by atoms with Gasteiger partial charge in [-0.25, -0.2) is 0 Å². The molecule has 0 aliphatic rings. The van der Waals surface area contributed by atoms with E-state index < -0.39 is 0 Å². The molecule has 0 N–H and O–H groups in total. The van der Waals surface area contributed by atoms with Crippen molar-refractivity contribution in [3.8, 4) is 0 Å². The van der Waals surface area contributed by atoms with E-state index in [1.165, 1.54) is 19.3 Å². The van der Waals surface area contributed by atoms with Crippen LogP contribution in [0.25, 0.3) is 0 Å². The van der Waals surface area contributed by atoms with Crippen LogP contribution in [0.3, 0.4) is 0 Å². The van der Waals surface area contributed by atoms with Crippen LogP contribution in [0.2, 0.25) is 0 Å². The molecule has 0 bridgehead atoms. The lowest BCUT2D eigenvalue weighted by Crippen LogP contribution is -2.26. The Bertz CT molecular complexity index is 627. The second-order valence-corrected chi connectivity index (χ2v) is 21.5. The SMILES string of the molecule is CC(C)(C)CCC(=O)OC(C)(C)C.CC(C)(C)CCCC(C)(C)C.CC(C)(C)CCOC(C)(C)C.CC(C)(C)OCOC(C)(C)C.